The van der Waals surface area contributed by atoms with Crippen LogP contribution in [0.1, 0.15) is 25.7 Å². The summed E-state index contributed by atoms with van der Waals surface area (Å²) in [6.45, 7) is 1.04. The molecule has 4 nitrogen and oxygen atoms in total. The van der Waals surface area contributed by atoms with E-state index in [4.69, 9.17) is 9.47 Å². The molecule has 0 N–H and O–H groups in total. The summed E-state index contributed by atoms with van der Waals surface area (Å²) < 4.78 is 11.8. The molecule has 0 saturated carbocycles. The third kappa shape index (κ3) is 1.27. The highest BCUT2D eigenvalue weighted by atomic mass is 16.5. The minimum atomic E-state index is -0.331. The Kier molecular flexibility index (Phi) is 2.38. The summed E-state index contributed by atoms with van der Waals surface area (Å²) in [5, 5.41) is 0. The molecule has 2 saturated heterocycles. The molecular formula is C18H21NO3. The molecule has 2 heterocycles. The highest BCUT2D eigenvalue weighted by Gasteiger charge is 2.66. The summed E-state index contributed by atoms with van der Waals surface area (Å²) in [4.78, 5) is 15.0. The molecule has 5 aliphatic rings. The highest BCUT2D eigenvalue weighted by Crippen LogP contribution is 2.64. The van der Waals surface area contributed by atoms with Crippen molar-refractivity contribution < 1.29 is 14.3 Å². The van der Waals surface area contributed by atoms with Crippen LogP contribution in [0.4, 0.5) is 0 Å². The number of likely N-dealkylation sites (tertiary alicyclic amines) is 1. The number of hydrogen-bond donors (Lipinski definition) is 0. The van der Waals surface area contributed by atoms with Gasteiger partial charge in [-0.15, -0.1) is 0 Å². The topological polar surface area (TPSA) is 38.8 Å². The molecular weight excluding hydrogens is 278 g/mol. The van der Waals surface area contributed by atoms with Crippen LogP contribution in [-0.4, -0.2) is 43.5 Å². The van der Waals surface area contributed by atoms with Gasteiger partial charge >= 0.3 is 0 Å². The molecule has 2 bridgehead atoms. The Labute approximate surface area is 130 Å². The summed E-state index contributed by atoms with van der Waals surface area (Å²) in [5.41, 5.74) is 2.72. The zero-order valence-corrected chi connectivity index (χ0v) is 13.1. The molecule has 0 unspecified atom stereocenters. The molecule has 0 aromatic carbocycles. The standard InChI is InChI=1S/C18H21NO3/c1-19-8-7-18-11-4-5-13(20)17(18)22-16-14(21-2)6-3-10(15(16)18)9-12(11)19/h4-5,11-12,17H,3,6-9H2,1-2H3/t11-,12+,17-,18-/m0/s1. The fourth-order valence-electron chi connectivity index (χ4n) is 5.56. The van der Waals surface area contributed by atoms with Gasteiger partial charge in [-0.1, -0.05) is 11.6 Å². The van der Waals surface area contributed by atoms with E-state index < -0.39 is 0 Å². The number of piperidine rings is 1. The molecule has 1 spiro atoms. The lowest BCUT2D eigenvalue weighted by molar-refractivity contribution is -0.132. The molecule has 4 atom stereocenters. The average Bonchev–Trinajstić information content (AvgIpc) is 2.88. The van der Waals surface area contributed by atoms with Crippen LogP contribution >= 0.6 is 0 Å². The summed E-state index contributed by atoms with van der Waals surface area (Å²) in [6.07, 6.45) is 7.65. The van der Waals surface area contributed by atoms with Crippen LogP contribution in [-0.2, 0) is 14.3 Å². The third-order valence-electron chi connectivity index (χ3n) is 6.54. The van der Waals surface area contributed by atoms with Crippen LogP contribution in [0.5, 0.6) is 0 Å². The van der Waals surface area contributed by atoms with E-state index in [-0.39, 0.29) is 17.3 Å². The number of carbonyl (C=O) groups excluding carboxylic acids is 1. The van der Waals surface area contributed by atoms with Gasteiger partial charge in [-0.25, -0.2) is 0 Å². The van der Waals surface area contributed by atoms with Gasteiger partial charge in [0.05, 0.1) is 12.5 Å². The van der Waals surface area contributed by atoms with Gasteiger partial charge in [0.15, 0.2) is 17.6 Å². The number of allylic oxidation sites excluding steroid dienone is 2. The molecule has 116 valence electrons. The van der Waals surface area contributed by atoms with Gasteiger partial charge in [0.2, 0.25) is 0 Å². The number of ketones is 1. The van der Waals surface area contributed by atoms with Gasteiger partial charge in [0.1, 0.15) is 5.76 Å². The van der Waals surface area contributed by atoms with Crippen LogP contribution < -0.4 is 0 Å². The maximum Gasteiger partial charge on any atom is 0.196 e. The SMILES string of the molecule is COC1=C2O[C@H]3C(=O)C=C[C@H]4[C@H]5CC(=C2[C@@]34CCN5C)CC1. The zero-order chi connectivity index (χ0) is 15.1. The molecule has 5 rings (SSSR count). The van der Waals surface area contributed by atoms with Crippen molar-refractivity contribution in [2.24, 2.45) is 11.3 Å². The second-order valence-corrected chi connectivity index (χ2v) is 7.26. The van der Waals surface area contributed by atoms with Crippen LogP contribution in [0.15, 0.2) is 34.8 Å². The van der Waals surface area contributed by atoms with Crippen molar-refractivity contribution in [2.75, 3.05) is 20.7 Å². The van der Waals surface area contributed by atoms with Crippen LogP contribution in [0.25, 0.3) is 0 Å². The van der Waals surface area contributed by atoms with Crippen LogP contribution in [0.2, 0.25) is 0 Å². The van der Waals surface area contributed by atoms with Crippen LogP contribution in [0, 0.1) is 11.3 Å². The molecule has 0 radical (unpaired) electrons. The molecule has 22 heavy (non-hydrogen) atoms. The number of hydrogen-bond acceptors (Lipinski definition) is 4. The molecule has 3 aliphatic carbocycles. The van der Waals surface area contributed by atoms with E-state index >= 15 is 0 Å². The van der Waals surface area contributed by atoms with Gasteiger partial charge in [-0.05, 0) is 38.9 Å². The van der Waals surface area contributed by atoms with Gasteiger partial charge in [-0.3, -0.25) is 4.79 Å². The summed E-state index contributed by atoms with van der Waals surface area (Å²) in [6, 6.07) is 0.506. The maximum atomic E-state index is 12.6. The highest BCUT2D eigenvalue weighted by molar-refractivity contribution is 5.97. The van der Waals surface area contributed by atoms with E-state index in [1.807, 2.05) is 0 Å². The van der Waals surface area contributed by atoms with E-state index in [2.05, 4.69) is 18.0 Å². The number of nitrogens with zero attached hydrogens (tertiary/aromatic N) is 1. The van der Waals surface area contributed by atoms with Crippen molar-refractivity contribution >= 4 is 5.78 Å². The minimum absolute atomic E-state index is 0.129. The van der Waals surface area contributed by atoms with Crippen molar-refractivity contribution in [3.63, 3.8) is 0 Å². The van der Waals surface area contributed by atoms with E-state index in [1.165, 1.54) is 11.1 Å². The molecule has 2 fully saturated rings. The quantitative estimate of drug-likeness (QED) is 0.744. The van der Waals surface area contributed by atoms with Crippen molar-refractivity contribution in [1.82, 2.24) is 4.90 Å². The first-order valence-corrected chi connectivity index (χ1v) is 8.26. The van der Waals surface area contributed by atoms with Gasteiger partial charge < -0.3 is 14.4 Å². The monoisotopic (exact) mass is 299 g/mol. The molecule has 0 amide bonds. The largest absolute Gasteiger partial charge is 0.497 e. The summed E-state index contributed by atoms with van der Waals surface area (Å²) in [5.74, 6) is 2.36. The van der Waals surface area contributed by atoms with Gasteiger partial charge in [-0.2, -0.15) is 0 Å². The molecule has 0 aromatic rings. The smallest absolute Gasteiger partial charge is 0.196 e. The lowest BCUT2D eigenvalue weighted by Crippen LogP contribution is -2.60. The first-order valence-electron chi connectivity index (χ1n) is 8.26. The van der Waals surface area contributed by atoms with Gasteiger partial charge in [0.25, 0.3) is 0 Å². The second kappa shape index (κ2) is 4.05. The van der Waals surface area contributed by atoms with E-state index in [1.54, 1.807) is 13.2 Å². The first-order chi connectivity index (χ1) is 10.7. The third-order valence-corrected chi connectivity index (χ3v) is 6.54. The van der Waals surface area contributed by atoms with Crippen LogP contribution in [0.3, 0.4) is 0 Å². The van der Waals surface area contributed by atoms with E-state index in [0.29, 0.717) is 12.0 Å². The normalized spacial score (nSPS) is 42.5. The lowest BCUT2D eigenvalue weighted by Gasteiger charge is -2.55. The number of methoxy groups -OCH3 is 1. The average molecular weight is 299 g/mol. The molecule has 0 aromatic heterocycles. The fourth-order valence-corrected chi connectivity index (χ4v) is 5.56. The predicted molar refractivity (Wildman–Crippen MR) is 80.9 cm³/mol. The minimum Gasteiger partial charge on any atom is -0.497 e. The van der Waals surface area contributed by atoms with E-state index in [0.717, 1.165) is 43.7 Å². The summed E-state index contributed by atoms with van der Waals surface area (Å²) in [7, 11) is 3.94. The Balaban J connectivity index is 1.80. The Hall–Kier alpha value is -1.55. The lowest BCUT2D eigenvalue weighted by atomic mass is 9.52. The second-order valence-electron chi connectivity index (χ2n) is 7.26. The molecule has 2 aliphatic heterocycles. The van der Waals surface area contributed by atoms with Gasteiger partial charge in [0, 0.05) is 24.0 Å². The maximum absolute atomic E-state index is 12.6. The van der Waals surface area contributed by atoms with Crippen molar-refractivity contribution in [2.45, 2.75) is 37.8 Å². The fraction of sp³-hybridized carbons (Fsp3) is 0.611. The number of carbonyl (C=O) groups is 1. The predicted octanol–water partition coefficient (Wildman–Crippen LogP) is 2.18. The Bertz CT molecular complexity index is 674. The van der Waals surface area contributed by atoms with Crippen molar-refractivity contribution in [3.8, 4) is 0 Å². The van der Waals surface area contributed by atoms with E-state index in [9.17, 15) is 4.79 Å². The molecule has 4 heteroatoms. The number of ether oxygens (including phenoxy) is 2. The Morgan fingerprint density at radius 3 is 3.09 bits per heavy atom. The first kappa shape index (κ1) is 12.9. The Morgan fingerprint density at radius 2 is 2.27 bits per heavy atom. The summed E-state index contributed by atoms with van der Waals surface area (Å²) >= 11 is 0. The number of rotatable bonds is 1. The van der Waals surface area contributed by atoms with Crippen molar-refractivity contribution in [3.05, 3.63) is 34.8 Å². The zero-order valence-electron chi connectivity index (χ0n) is 13.1. The van der Waals surface area contributed by atoms with Crippen molar-refractivity contribution in [1.29, 1.82) is 0 Å². The Morgan fingerprint density at radius 1 is 1.41 bits per heavy atom.